The molecule has 0 radical (unpaired) electrons. The SMILES string of the molecule is Cc1cc(N)cc(Br)c1NC(=O)c1ccc(-c2ccc(Br)cc2Cl)o1. The molecule has 0 saturated heterocycles. The molecule has 0 fully saturated rings. The summed E-state index contributed by atoms with van der Waals surface area (Å²) in [5.41, 5.74) is 8.62. The number of nitrogens with one attached hydrogen (secondary N) is 1. The van der Waals surface area contributed by atoms with Crippen LogP contribution in [0.15, 0.2) is 55.8 Å². The Balaban J connectivity index is 1.86. The lowest BCUT2D eigenvalue weighted by Crippen LogP contribution is -2.12. The van der Waals surface area contributed by atoms with Crippen molar-refractivity contribution in [1.29, 1.82) is 0 Å². The maximum absolute atomic E-state index is 12.5. The van der Waals surface area contributed by atoms with Crippen molar-refractivity contribution in [1.82, 2.24) is 0 Å². The molecule has 128 valence electrons. The maximum atomic E-state index is 12.5. The van der Waals surface area contributed by atoms with Crippen molar-refractivity contribution in [2.24, 2.45) is 0 Å². The minimum absolute atomic E-state index is 0.192. The molecule has 4 nitrogen and oxygen atoms in total. The number of furan rings is 1. The molecule has 1 amide bonds. The Morgan fingerprint density at radius 2 is 1.92 bits per heavy atom. The van der Waals surface area contributed by atoms with Gasteiger partial charge in [0.2, 0.25) is 0 Å². The fraction of sp³-hybridized carbons (Fsp3) is 0.0556. The number of hydrogen-bond acceptors (Lipinski definition) is 3. The summed E-state index contributed by atoms with van der Waals surface area (Å²) < 4.78 is 7.26. The molecule has 25 heavy (non-hydrogen) atoms. The summed E-state index contributed by atoms with van der Waals surface area (Å²) in [6, 6.07) is 12.3. The number of benzene rings is 2. The van der Waals surface area contributed by atoms with E-state index in [2.05, 4.69) is 37.2 Å². The predicted octanol–water partition coefficient (Wildman–Crippen LogP) is 6.27. The quantitative estimate of drug-likeness (QED) is 0.431. The van der Waals surface area contributed by atoms with Gasteiger partial charge in [0.1, 0.15) is 5.76 Å². The number of aryl methyl sites for hydroxylation is 1. The summed E-state index contributed by atoms with van der Waals surface area (Å²) >= 11 is 13.0. The number of carbonyl (C=O) groups excluding carboxylic acids is 1. The van der Waals surface area contributed by atoms with Gasteiger partial charge in [-0.25, -0.2) is 0 Å². The second-order valence-electron chi connectivity index (χ2n) is 5.44. The summed E-state index contributed by atoms with van der Waals surface area (Å²) in [7, 11) is 0. The van der Waals surface area contributed by atoms with E-state index in [1.165, 1.54) is 0 Å². The summed E-state index contributed by atoms with van der Waals surface area (Å²) in [6.45, 7) is 1.87. The second-order valence-corrected chi connectivity index (χ2v) is 7.61. The molecule has 0 aliphatic heterocycles. The van der Waals surface area contributed by atoms with Crippen molar-refractivity contribution in [2.75, 3.05) is 11.1 Å². The van der Waals surface area contributed by atoms with Gasteiger partial charge in [0, 0.05) is 20.2 Å². The Kier molecular flexibility index (Phi) is 5.22. The normalized spacial score (nSPS) is 10.7. The van der Waals surface area contributed by atoms with E-state index in [1.807, 2.05) is 19.1 Å². The van der Waals surface area contributed by atoms with Crippen LogP contribution in [-0.2, 0) is 0 Å². The highest BCUT2D eigenvalue weighted by molar-refractivity contribution is 9.10. The number of nitrogen functional groups attached to an aromatic ring is 1. The van der Waals surface area contributed by atoms with E-state index in [9.17, 15) is 4.79 Å². The van der Waals surface area contributed by atoms with Crippen LogP contribution in [0.3, 0.4) is 0 Å². The lowest BCUT2D eigenvalue weighted by Gasteiger charge is -2.10. The van der Waals surface area contributed by atoms with E-state index in [4.69, 9.17) is 21.8 Å². The van der Waals surface area contributed by atoms with Gasteiger partial charge in [0.15, 0.2) is 5.76 Å². The molecule has 0 aliphatic rings. The monoisotopic (exact) mass is 482 g/mol. The summed E-state index contributed by atoms with van der Waals surface area (Å²) in [6.07, 6.45) is 0. The summed E-state index contributed by atoms with van der Waals surface area (Å²) in [4.78, 5) is 12.5. The Labute approximate surface area is 166 Å². The van der Waals surface area contributed by atoms with Crippen molar-refractivity contribution in [3.8, 4) is 11.3 Å². The molecular weight excluding hydrogens is 471 g/mol. The van der Waals surface area contributed by atoms with Crippen molar-refractivity contribution in [3.05, 3.63) is 67.8 Å². The van der Waals surface area contributed by atoms with Crippen LogP contribution in [0, 0.1) is 6.92 Å². The molecule has 3 N–H and O–H groups in total. The summed E-state index contributed by atoms with van der Waals surface area (Å²) in [5, 5.41) is 3.37. The molecule has 0 bridgehead atoms. The first kappa shape index (κ1) is 18.0. The zero-order valence-electron chi connectivity index (χ0n) is 13.1. The van der Waals surface area contributed by atoms with Crippen LogP contribution in [0.25, 0.3) is 11.3 Å². The average molecular weight is 485 g/mol. The van der Waals surface area contributed by atoms with Crippen LogP contribution in [0.1, 0.15) is 16.1 Å². The molecule has 0 spiro atoms. The molecule has 3 rings (SSSR count). The molecule has 1 aromatic heterocycles. The number of hydrogen-bond donors (Lipinski definition) is 2. The van der Waals surface area contributed by atoms with E-state index in [-0.39, 0.29) is 11.7 Å². The molecule has 1 heterocycles. The molecule has 7 heteroatoms. The van der Waals surface area contributed by atoms with Crippen molar-refractivity contribution in [3.63, 3.8) is 0 Å². The number of rotatable bonds is 3. The fourth-order valence-corrected chi connectivity index (χ4v) is 3.84. The van der Waals surface area contributed by atoms with Gasteiger partial charge >= 0.3 is 0 Å². The van der Waals surface area contributed by atoms with Gasteiger partial charge in [-0.2, -0.15) is 0 Å². The molecule has 0 atom stereocenters. The first-order chi connectivity index (χ1) is 11.8. The standard InChI is InChI=1S/C18H13Br2ClN2O2/c1-9-6-11(22)8-13(20)17(9)23-18(24)16-5-4-15(25-16)12-3-2-10(19)7-14(12)21/h2-8H,22H2,1H3,(H,23,24). The lowest BCUT2D eigenvalue weighted by molar-refractivity contribution is 0.0997. The number of anilines is 2. The molecule has 0 unspecified atom stereocenters. The third-order valence-electron chi connectivity index (χ3n) is 3.57. The Hall–Kier alpha value is -1.76. The van der Waals surface area contributed by atoms with Gasteiger partial charge in [-0.15, -0.1) is 0 Å². The van der Waals surface area contributed by atoms with Gasteiger partial charge in [-0.3, -0.25) is 4.79 Å². The van der Waals surface area contributed by atoms with Gasteiger partial charge < -0.3 is 15.5 Å². The highest BCUT2D eigenvalue weighted by Crippen LogP contribution is 2.33. The summed E-state index contributed by atoms with van der Waals surface area (Å²) in [5.74, 6) is 0.362. The zero-order valence-corrected chi connectivity index (χ0v) is 17.0. The second kappa shape index (κ2) is 7.23. The van der Waals surface area contributed by atoms with Gasteiger partial charge in [-0.1, -0.05) is 27.5 Å². The van der Waals surface area contributed by atoms with Crippen LogP contribution in [0.2, 0.25) is 5.02 Å². The first-order valence-corrected chi connectivity index (χ1v) is 9.24. The van der Waals surface area contributed by atoms with E-state index >= 15 is 0 Å². The van der Waals surface area contributed by atoms with E-state index < -0.39 is 0 Å². The van der Waals surface area contributed by atoms with E-state index in [0.717, 1.165) is 10.0 Å². The van der Waals surface area contributed by atoms with E-state index in [1.54, 1.807) is 30.3 Å². The van der Waals surface area contributed by atoms with Crippen LogP contribution in [-0.4, -0.2) is 5.91 Å². The van der Waals surface area contributed by atoms with E-state index in [0.29, 0.717) is 32.2 Å². The Bertz CT molecular complexity index is 946. The molecule has 0 saturated carbocycles. The Morgan fingerprint density at radius 3 is 2.60 bits per heavy atom. The van der Waals surface area contributed by atoms with Gasteiger partial charge in [0.05, 0.1) is 10.7 Å². The van der Waals surface area contributed by atoms with Crippen molar-refractivity contribution < 1.29 is 9.21 Å². The third-order valence-corrected chi connectivity index (χ3v) is 5.01. The zero-order chi connectivity index (χ0) is 18.1. The maximum Gasteiger partial charge on any atom is 0.291 e. The molecule has 2 aromatic carbocycles. The number of amides is 1. The van der Waals surface area contributed by atoms with Gasteiger partial charge in [0.25, 0.3) is 5.91 Å². The first-order valence-electron chi connectivity index (χ1n) is 7.27. The predicted molar refractivity (Wildman–Crippen MR) is 108 cm³/mol. The van der Waals surface area contributed by atoms with Crippen LogP contribution in [0.5, 0.6) is 0 Å². The van der Waals surface area contributed by atoms with Crippen LogP contribution >= 0.6 is 43.5 Å². The molecule has 0 aliphatic carbocycles. The molecule has 3 aromatic rings. The number of carbonyl (C=O) groups is 1. The lowest BCUT2D eigenvalue weighted by atomic mass is 10.1. The van der Waals surface area contributed by atoms with Crippen molar-refractivity contribution in [2.45, 2.75) is 6.92 Å². The largest absolute Gasteiger partial charge is 0.451 e. The smallest absolute Gasteiger partial charge is 0.291 e. The minimum atomic E-state index is -0.354. The third kappa shape index (κ3) is 3.92. The number of halogens is 3. The minimum Gasteiger partial charge on any atom is -0.451 e. The fourth-order valence-electron chi connectivity index (χ4n) is 2.40. The van der Waals surface area contributed by atoms with Crippen LogP contribution in [0.4, 0.5) is 11.4 Å². The molecular formula is C18H13Br2ClN2O2. The average Bonchev–Trinajstić information content (AvgIpc) is 3.00. The Morgan fingerprint density at radius 1 is 1.16 bits per heavy atom. The highest BCUT2D eigenvalue weighted by atomic mass is 79.9. The highest BCUT2D eigenvalue weighted by Gasteiger charge is 2.16. The van der Waals surface area contributed by atoms with Gasteiger partial charge in [-0.05, 0) is 70.9 Å². The van der Waals surface area contributed by atoms with Crippen LogP contribution < -0.4 is 11.1 Å². The van der Waals surface area contributed by atoms with Crippen molar-refractivity contribution >= 4 is 60.7 Å². The topological polar surface area (TPSA) is 68.3 Å². The number of nitrogens with two attached hydrogens (primary N) is 1.